The highest BCUT2D eigenvalue weighted by Crippen LogP contribution is 2.34. The molecule has 2 aliphatic rings. The molecule has 3 rings (SSSR count). The van der Waals surface area contributed by atoms with Crippen molar-refractivity contribution in [3.8, 4) is 0 Å². The maximum absolute atomic E-state index is 14.2. The zero-order valence-corrected chi connectivity index (χ0v) is 12.4. The molecule has 4 nitrogen and oxygen atoms in total. The van der Waals surface area contributed by atoms with E-state index in [0.717, 1.165) is 36.7 Å². The first kappa shape index (κ1) is 14.3. The number of rotatable bonds is 5. The molecule has 5 heteroatoms. The number of benzene rings is 1. The molecule has 114 valence electrons. The van der Waals surface area contributed by atoms with Gasteiger partial charge in [-0.2, -0.15) is 0 Å². The second-order valence-electron chi connectivity index (χ2n) is 6.77. The summed E-state index contributed by atoms with van der Waals surface area (Å²) in [6, 6.07) is 3.31. The third-order valence-corrected chi connectivity index (χ3v) is 4.27. The Labute approximate surface area is 124 Å². The lowest BCUT2D eigenvalue weighted by Crippen LogP contribution is -2.40. The summed E-state index contributed by atoms with van der Waals surface area (Å²) in [4.78, 5) is 13.5. The van der Waals surface area contributed by atoms with Crippen molar-refractivity contribution < 1.29 is 14.3 Å². The minimum atomic E-state index is -1.19. The minimum Gasteiger partial charge on any atom is -0.480 e. The molecule has 1 heterocycles. The predicted molar refractivity (Wildman–Crippen MR) is 78.6 cm³/mol. The largest absolute Gasteiger partial charge is 0.480 e. The summed E-state index contributed by atoms with van der Waals surface area (Å²) in [6.45, 7) is 5.77. The summed E-state index contributed by atoms with van der Waals surface area (Å²) < 4.78 is 14.2. The van der Waals surface area contributed by atoms with Gasteiger partial charge in [0.2, 0.25) is 0 Å². The molecule has 0 saturated heterocycles. The van der Waals surface area contributed by atoms with Gasteiger partial charge in [0.05, 0.1) is 5.69 Å². The van der Waals surface area contributed by atoms with Crippen molar-refractivity contribution in [1.29, 1.82) is 0 Å². The molecule has 1 saturated carbocycles. The number of anilines is 1. The van der Waals surface area contributed by atoms with Gasteiger partial charge in [-0.25, -0.2) is 9.18 Å². The van der Waals surface area contributed by atoms with E-state index in [9.17, 15) is 9.18 Å². The van der Waals surface area contributed by atoms with E-state index in [1.54, 1.807) is 12.1 Å². The molecule has 1 aliphatic heterocycles. The minimum absolute atomic E-state index is 0.273. The van der Waals surface area contributed by atoms with Gasteiger partial charge in [-0.3, -0.25) is 4.90 Å². The fourth-order valence-electron chi connectivity index (χ4n) is 2.77. The molecule has 0 aromatic heterocycles. The number of halogens is 1. The topological polar surface area (TPSA) is 52.6 Å². The van der Waals surface area contributed by atoms with Gasteiger partial charge in [-0.05, 0) is 55.9 Å². The Morgan fingerprint density at radius 2 is 2.00 bits per heavy atom. The van der Waals surface area contributed by atoms with Crippen LogP contribution in [0.5, 0.6) is 0 Å². The summed E-state index contributed by atoms with van der Waals surface area (Å²) in [5.74, 6) is -0.568. The van der Waals surface area contributed by atoms with Crippen LogP contribution in [0.25, 0.3) is 0 Å². The number of hydrogen-bond donors (Lipinski definition) is 2. The quantitative estimate of drug-likeness (QED) is 0.876. The van der Waals surface area contributed by atoms with Crippen molar-refractivity contribution in [3.05, 3.63) is 29.1 Å². The molecule has 0 bridgehead atoms. The molecule has 0 unspecified atom stereocenters. The van der Waals surface area contributed by atoms with Crippen LogP contribution in [-0.2, 0) is 17.9 Å². The van der Waals surface area contributed by atoms with E-state index in [2.05, 4.69) is 10.2 Å². The second kappa shape index (κ2) is 4.98. The first-order valence-electron chi connectivity index (χ1n) is 7.40. The van der Waals surface area contributed by atoms with E-state index >= 15 is 0 Å². The Morgan fingerprint density at radius 3 is 2.57 bits per heavy atom. The Hall–Kier alpha value is -1.62. The lowest BCUT2D eigenvalue weighted by molar-refractivity contribution is -0.141. The van der Waals surface area contributed by atoms with Gasteiger partial charge in [-0.15, -0.1) is 0 Å². The van der Waals surface area contributed by atoms with Gasteiger partial charge in [-0.1, -0.05) is 0 Å². The maximum atomic E-state index is 14.2. The van der Waals surface area contributed by atoms with E-state index in [4.69, 9.17) is 5.11 Å². The number of carbonyl (C=O) groups is 1. The molecule has 1 aromatic rings. The Bertz CT molecular complexity index is 582. The van der Waals surface area contributed by atoms with Crippen LogP contribution in [0.15, 0.2) is 12.1 Å². The second-order valence-corrected chi connectivity index (χ2v) is 6.77. The average molecular weight is 292 g/mol. The van der Waals surface area contributed by atoms with Crippen LogP contribution in [-0.4, -0.2) is 28.1 Å². The van der Waals surface area contributed by atoms with Crippen molar-refractivity contribution >= 4 is 11.7 Å². The fourth-order valence-corrected chi connectivity index (χ4v) is 2.77. The molecule has 0 atom stereocenters. The molecule has 1 aromatic carbocycles. The Kier molecular flexibility index (Phi) is 3.40. The molecule has 0 spiro atoms. The van der Waals surface area contributed by atoms with Gasteiger partial charge < -0.3 is 10.4 Å². The average Bonchev–Trinajstić information content (AvgIpc) is 3.10. The van der Waals surface area contributed by atoms with E-state index < -0.39 is 11.5 Å². The zero-order chi connectivity index (χ0) is 15.2. The normalized spacial score (nSPS) is 18.6. The van der Waals surface area contributed by atoms with Crippen molar-refractivity contribution in [3.63, 3.8) is 0 Å². The van der Waals surface area contributed by atoms with Crippen molar-refractivity contribution in [2.75, 3.05) is 11.9 Å². The van der Waals surface area contributed by atoms with Crippen molar-refractivity contribution in [2.45, 2.75) is 45.3 Å². The van der Waals surface area contributed by atoms with Gasteiger partial charge in [0.15, 0.2) is 0 Å². The summed E-state index contributed by atoms with van der Waals surface area (Å²) in [7, 11) is 0. The van der Waals surface area contributed by atoms with Crippen LogP contribution < -0.4 is 5.32 Å². The lowest BCUT2D eigenvalue weighted by Gasteiger charge is -2.23. The van der Waals surface area contributed by atoms with Crippen LogP contribution >= 0.6 is 0 Å². The van der Waals surface area contributed by atoms with Crippen LogP contribution in [0.1, 0.15) is 37.8 Å². The predicted octanol–water partition coefficient (Wildman–Crippen LogP) is 2.83. The van der Waals surface area contributed by atoms with Crippen molar-refractivity contribution in [1.82, 2.24) is 4.90 Å². The van der Waals surface area contributed by atoms with Crippen LogP contribution in [0.2, 0.25) is 0 Å². The molecule has 0 radical (unpaired) electrons. The van der Waals surface area contributed by atoms with Gasteiger partial charge in [0.25, 0.3) is 0 Å². The number of fused-ring (bicyclic) bond motifs is 1. The number of aliphatic carboxylic acids is 1. The number of nitrogens with one attached hydrogen (secondary N) is 1. The highest BCUT2D eigenvalue weighted by atomic mass is 19.1. The van der Waals surface area contributed by atoms with Gasteiger partial charge >= 0.3 is 5.97 Å². The van der Waals surface area contributed by atoms with E-state index in [0.29, 0.717) is 0 Å². The zero-order valence-electron chi connectivity index (χ0n) is 12.4. The Morgan fingerprint density at radius 1 is 1.38 bits per heavy atom. The molecular weight excluding hydrogens is 271 g/mol. The third kappa shape index (κ3) is 3.02. The summed E-state index contributed by atoms with van der Waals surface area (Å²) >= 11 is 0. The van der Waals surface area contributed by atoms with Gasteiger partial charge in [0, 0.05) is 19.6 Å². The van der Waals surface area contributed by atoms with Crippen LogP contribution in [0, 0.1) is 11.7 Å². The molecule has 2 N–H and O–H groups in total. The van der Waals surface area contributed by atoms with E-state index in [1.807, 2.05) is 0 Å². The number of carboxylic acids is 1. The van der Waals surface area contributed by atoms with Crippen molar-refractivity contribution in [2.24, 2.45) is 5.92 Å². The molecule has 0 amide bonds. The number of hydrogen-bond acceptors (Lipinski definition) is 3. The first-order chi connectivity index (χ1) is 9.85. The van der Waals surface area contributed by atoms with Crippen LogP contribution in [0.4, 0.5) is 10.1 Å². The standard InChI is InChI=1S/C16H21FN2O2/c1-16(2,15(20)21)18-14-6-12-9-19(7-10-3-4-10)8-11(12)5-13(14)17/h5-6,10,18H,3-4,7-9H2,1-2H3,(H,20,21). The molecule has 1 fully saturated rings. The summed E-state index contributed by atoms with van der Waals surface area (Å²) in [6.07, 6.45) is 2.61. The monoisotopic (exact) mass is 292 g/mol. The number of nitrogens with zero attached hydrogens (tertiary/aromatic N) is 1. The van der Waals surface area contributed by atoms with Gasteiger partial charge in [0.1, 0.15) is 11.4 Å². The smallest absolute Gasteiger partial charge is 0.328 e. The SMILES string of the molecule is CC(C)(Nc1cc2c(cc1F)CN(CC1CC1)C2)C(=O)O. The Balaban J connectivity index is 1.77. The van der Waals surface area contributed by atoms with E-state index in [-0.39, 0.29) is 11.5 Å². The molecule has 21 heavy (non-hydrogen) atoms. The summed E-state index contributed by atoms with van der Waals surface area (Å²) in [5, 5.41) is 11.9. The lowest BCUT2D eigenvalue weighted by atomic mass is 10.0. The maximum Gasteiger partial charge on any atom is 0.328 e. The number of carboxylic acid groups (broad SMARTS) is 1. The first-order valence-corrected chi connectivity index (χ1v) is 7.40. The highest BCUT2D eigenvalue weighted by molar-refractivity contribution is 5.81. The fraction of sp³-hybridized carbons (Fsp3) is 0.562. The molecule has 1 aliphatic carbocycles. The summed E-state index contributed by atoms with van der Waals surface area (Å²) in [5.41, 5.74) is 1.20. The van der Waals surface area contributed by atoms with Crippen LogP contribution in [0.3, 0.4) is 0 Å². The third-order valence-electron chi connectivity index (χ3n) is 4.27. The van der Waals surface area contributed by atoms with E-state index in [1.165, 1.54) is 26.7 Å². The highest BCUT2D eigenvalue weighted by Gasteiger charge is 2.31. The molecular formula is C16H21FN2O2.